The summed E-state index contributed by atoms with van der Waals surface area (Å²) in [7, 11) is 1.63. The molecule has 21 heavy (non-hydrogen) atoms. The molecule has 0 saturated carbocycles. The second-order valence-electron chi connectivity index (χ2n) is 5.73. The molecule has 2 aromatic rings. The molecular weight excluding hydrogens is 332 g/mol. The van der Waals surface area contributed by atoms with E-state index in [1.54, 1.807) is 13.2 Å². The molecule has 0 aliphatic carbocycles. The average molecular weight is 351 g/mol. The highest BCUT2D eigenvalue weighted by Crippen LogP contribution is 2.29. The van der Waals surface area contributed by atoms with E-state index in [9.17, 15) is 0 Å². The summed E-state index contributed by atoms with van der Waals surface area (Å²) in [6, 6.07) is 7.45. The van der Waals surface area contributed by atoms with Gasteiger partial charge in [-0.15, -0.1) is 0 Å². The number of halogens is 1. The van der Waals surface area contributed by atoms with Gasteiger partial charge >= 0.3 is 0 Å². The smallest absolute Gasteiger partial charge is 0.138 e. The summed E-state index contributed by atoms with van der Waals surface area (Å²) in [4.78, 5) is 8.81. The van der Waals surface area contributed by atoms with Gasteiger partial charge in [0.1, 0.15) is 23.2 Å². The Hall–Kier alpha value is -1.82. The van der Waals surface area contributed by atoms with Gasteiger partial charge in [0.25, 0.3) is 0 Å². The predicted octanol–water partition coefficient (Wildman–Crippen LogP) is 3.87. The Labute approximate surface area is 133 Å². The minimum absolute atomic E-state index is 0.163. The third-order valence-corrected chi connectivity index (χ3v) is 3.50. The van der Waals surface area contributed by atoms with Crippen LogP contribution in [0, 0.1) is 0 Å². The SMILES string of the molecule is COc1cc(Nc2cc(N)nc(C(C)(C)C)n2)ccc1Br. The van der Waals surface area contributed by atoms with E-state index in [0.717, 1.165) is 15.9 Å². The van der Waals surface area contributed by atoms with Crippen molar-refractivity contribution in [1.82, 2.24) is 9.97 Å². The van der Waals surface area contributed by atoms with Gasteiger partial charge < -0.3 is 15.8 Å². The number of nitrogens with two attached hydrogens (primary N) is 1. The van der Waals surface area contributed by atoms with E-state index in [0.29, 0.717) is 17.5 Å². The highest BCUT2D eigenvalue weighted by atomic mass is 79.9. The molecule has 0 atom stereocenters. The van der Waals surface area contributed by atoms with Gasteiger partial charge in [0.05, 0.1) is 11.6 Å². The van der Waals surface area contributed by atoms with Gasteiger partial charge in [0, 0.05) is 23.2 Å². The number of benzene rings is 1. The lowest BCUT2D eigenvalue weighted by atomic mass is 9.96. The molecule has 0 saturated heterocycles. The van der Waals surface area contributed by atoms with Crippen LogP contribution in [0.25, 0.3) is 0 Å². The molecule has 1 aromatic heterocycles. The van der Waals surface area contributed by atoms with Crippen LogP contribution < -0.4 is 15.8 Å². The lowest BCUT2D eigenvalue weighted by Crippen LogP contribution is -2.17. The van der Waals surface area contributed by atoms with Gasteiger partial charge in [-0.05, 0) is 28.1 Å². The second-order valence-corrected chi connectivity index (χ2v) is 6.58. The summed E-state index contributed by atoms with van der Waals surface area (Å²) in [5.41, 5.74) is 6.57. The first-order chi connectivity index (χ1) is 9.79. The molecule has 1 aromatic carbocycles. The number of nitrogen functional groups attached to an aromatic ring is 1. The number of hydrogen-bond donors (Lipinski definition) is 2. The van der Waals surface area contributed by atoms with E-state index >= 15 is 0 Å². The maximum absolute atomic E-state index is 5.87. The summed E-state index contributed by atoms with van der Waals surface area (Å²) >= 11 is 3.43. The fraction of sp³-hybridized carbons (Fsp3) is 0.333. The van der Waals surface area contributed by atoms with Crippen molar-refractivity contribution < 1.29 is 4.74 Å². The van der Waals surface area contributed by atoms with E-state index in [1.807, 2.05) is 39.0 Å². The first-order valence-corrected chi connectivity index (χ1v) is 7.34. The lowest BCUT2D eigenvalue weighted by Gasteiger charge is -2.18. The molecule has 0 aliphatic heterocycles. The van der Waals surface area contributed by atoms with E-state index in [1.165, 1.54) is 0 Å². The topological polar surface area (TPSA) is 73.1 Å². The maximum atomic E-state index is 5.87. The van der Waals surface area contributed by atoms with E-state index < -0.39 is 0 Å². The number of hydrogen-bond acceptors (Lipinski definition) is 5. The van der Waals surface area contributed by atoms with E-state index in [-0.39, 0.29) is 5.41 Å². The van der Waals surface area contributed by atoms with Crippen molar-refractivity contribution in [1.29, 1.82) is 0 Å². The standard InChI is InChI=1S/C15H19BrN4O/c1-15(2,3)14-19-12(17)8-13(20-14)18-9-5-6-10(16)11(7-9)21-4/h5-8H,1-4H3,(H3,17,18,19,20). The Morgan fingerprint density at radius 2 is 1.90 bits per heavy atom. The van der Waals surface area contributed by atoms with Crippen molar-refractivity contribution in [2.24, 2.45) is 0 Å². The number of nitrogens with zero attached hydrogens (tertiary/aromatic N) is 2. The molecule has 0 radical (unpaired) electrons. The summed E-state index contributed by atoms with van der Waals surface area (Å²) in [6.07, 6.45) is 0. The normalized spacial score (nSPS) is 11.3. The summed E-state index contributed by atoms with van der Waals surface area (Å²) in [5.74, 6) is 2.56. The Morgan fingerprint density at radius 1 is 1.19 bits per heavy atom. The lowest BCUT2D eigenvalue weighted by molar-refractivity contribution is 0.412. The van der Waals surface area contributed by atoms with Crippen LogP contribution in [0.3, 0.4) is 0 Å². The van der Waals surface area contributed by atoms with Gasteiger partial charge in [0.2, 0.25) is 0 Å². The minimum atomic E-state index is -0.163. The fourth-order valence-corrected chi connectivity index (χ4v) is 2.16. The zero-order valence-electron chi connectivity index (χ0n) is 12.6. The molecule has 0 aliphatic rings. The van der Waals surface area contributed by atoms with Gasteiger partial charge in [-0.1, -0.05) is 20.8 Å². The highest BCUT2D eigenvalue weighted by molar-refractivity contribution is 9.10. The van der Waals surface area contributed by atoms with Crippen molar-refractivity contribution in [3.05, 3.63) is 34.6 Å². The Balaban J connectivity index is 2.33. The number of rotatable bonds is 3. The van der Waals surface area contributed by atoms with Crippen LogP contribution >= 0.6 is 15.9 Å². The molecule has 2 rings (SSSR count). The maximum Gasteiger partial charge on any atom is 0.138 e. The van der Waals surface area contributed by atoms with Crippen LogP contribution in [-0.2, 0) is 5.41 Å². The highest BCUT2D eigenvalue weighted by Gasteiger charge is 2.18. The van der Waals surface area contributed by atoms with Crippen LogP contribution in [0.2, 0.25) is 0 Å². The number of ether oxygens (including phenoxy) is 1. The van der Waals surface area contributed by atoms with Crippen LogP contribution in [-0.4, -0.2) is 17.1 Å². The average Bonchev–Trinajstić information content (AvgIpc) is 2.39. The van der Waals surface area contributed by atoms with Crippen LogP contribution in [0.4, 0.5) is 17.3 Å². The summed E-state index contributed by atoms with van der Waals surface area (Å²) < 4.78 is 6.18. The van der Waals surface area contributed by atoms with Gasteiger partial charge in [-0.25, -0.2) is 9.97 Å². The Bertz CT molecular complexity index is 653. The third-order valence-electron chi connectivity index (χ3n) is 2.84. The molecule has 0 amide bonds. The molecule has 1 heterocycles. The van der Waals surface area contributed by atoms with Gasteiger partial charge in [0.15, 0.2) is 0 Å². The zero-order valence-corrected chi connectivity index (χ0v) is 14.2. The van der Waals surface area contributed by atoms with Gasteiger partial charge in [-0.2, -0.15) is 0 Å². The summed E-state index contributed by atoms with van der Waals surface area (Å²) in [5, 5.41) is 3.23. The Kier molecular flexibility index (Phi) is 4.37. The molecule has 112 valence electrons. The van der Waals surface area contributed by atoms with Crippen molar-refractivity contribution in [2.75, 3.05) is 18.2 Å². The molecule has 0 fully saturated rings. The molecule has 0 bridgehead atoms. The first-order valence-electron chi connectivity index (χ1n) is 6.55. The third kappa shape index (κ3) is 3.85. The van der Waals surface area contributed by atoms with Gasteiger partial charge in [-0.3, -0.25) is 0 Å². The van der Waals surface area contributed by atoms with Crippen LogP contribution in [0.1, 0.15) is 26.6 Å². The van der Waals surface area contributed by atoms with Crippen molar-refractivity contribution in [2.45, 2.75) is 26.2 Å². The zero-order chi connectivity index (χ0) is 15.6. The fourth-order valence-electron chi connectivity index (χ4n) is 1.75. The monoisotopic (exact) mass is 350 g/mol. The number of aromatic nitrogens is 2. The predicted molar refractivity (Wildman–Crippen MR) is 89.1 cm³/mol. The molecule has 6 heteroatoms. The molecule has 5 nitrogen and oxygen atoms in total. The summed E-state index contributed by atoms with van der Waals surface area (Å²) in [6.45, 7) is 6.15. The van der Waals surface area contributed by atoms with Crippen molar-refractivity contribution >= 4 is 33.3 Å². The quantitative estimate of drug-likeness (QED) is 0.878. The number of nitrogens with one attached hydrogen (secondary N) is 1. The Morgan fingerprint density at radius 3 is 2.52 bits per heavy atom. The molecule has 0 spiro atoms. The molecule has 0 unspecified atom stereocenters. The molecular formula is C15H19BrN4O. The minimum Gasteiger partial charge on any atom is -0.495 e. The van der Waals surface area contributed by atoms with Crippen LogP contribution in [0.15, 0.2) is 28.7 Å². The number of methoxy groups -OCH3 is 1. The van der Waals surface area contributed by atoms with Crippen molar-refractivity contribution in [3.63, 3.8) is 0 Å². The van der Waals surface area contributed by atoms with E-state index in [2.05, 4.69) is 31.2 Å². The number of anilines is 3. The van der Waals surface area contributed by atoms with E-state index in [4.69, 9.17) is 10.5 Å². The molecule has 3 N–H and O–H groups in total. The second kappa shape index (κ2) is 5.89. The van der Waals surface area contributed by atoms with Crippen molar-refractivity contribution in [3.8, 4) is 5.75 Å². The largest absolute Gasteiger partial charge is 0.495 e. The van der Waals surface area contributed by atoms with Crippen LogP contribution in [0.5, 0.6) is 5.75 Å². The first kappa shape index (κ1) is 15.6.